The van der Waals surface area contributed by atoms with Crippen molar-refractivity contribution in [3.05, 3.63) is 30.1 Å². The Hall–Kier alpha value is -1.42. The Morgan fingerprint density at radius 2 is 2.00 bits per heavy atom. The number of nitrogens with one attached hydrogen (secondary N) is 1. The van der Waals surface area contributed by atoms with Crippen LogP contribution in [0.5, 0.6) is 0 Å². The quantitative estimate of drug-likeness (QED) is 0.269. The number of hydrogen-bond acceptors (Lipinski definition) is 3. The van der Waals surface area contributed by atoms with Crippen LogP contribution in [-0.2, 0) is 0 Å². The standard InChI is InChI=1S/C13H20N4/c14-17-13(12-9-5-6-10-15-12)16-11-7-3-1-2-4-8-11/h5-6,9-11H,1-4,7-8,14H2,(H,16,17). The molecule has 1 saturated carbocycles. The van der Waals surface area contributed by atoms with Crippen molar-refractivity contribution in [1.82, 2.24) is 10.4 Å². The second-order valence-corrected chi connectivity index (χ2v) is 4.48. The van der Waals surface area contributed by atoms with Crippen LogP contribution in [0.1, 0.15) is 44.2 Å². The molecule has 1 heterocycles. The minimum atomic E-state index is 0.394. The summed E-state index contributed by atoms with van der Waals surface area (Å²) in [7, 11) is 0. The van der Waals surface area contributed by atoms with Gasteiger partial charge in [0.25, 0.3) is 0 Å². The first-order chi connectivity index (χ1) is 8.40. The van der Waals surface area contributed by atoms with Crippen LogP contribution in [0.3, 0.4) is 0 Å². The van der Waals surface area contributed by atoms with Crippen LogP contribution in [0, 0.1) is 0 Å². The molecule has 0 radical (unpaired) electrons. The molecule has 1 aliphatic rings. The fourth-order valence-electron chi connectivity index (χ4n) is 2.25. The van der Waals surface area contributed by atoms with Crippen molar-refractivity contribution in [2.45, 2.75) is 44.6 Å². The highest BCUT2D eigenvalue weighted by molar-refractivity contribution is 5.96. The highest BCUT2D eigenvalue weighted by Gasteiger charge is 2.12. The third-order valence-electron chi connectivity index (χ3n) is 3.18. The molecule has 0 atom stereocenters. The lowest BCUT2D eigenvalue weighted by Crippen LogP contribution is -2.33. The number of rotatable bonds is 2. The fourth-order valence-corrected chi connectivity index (χ4v) is 2.25. The summed E-state index contributed by atoms with van der Waals surface area (Å²) < 4.78 is 0. The molecule has 0 aromatic carbocycles. The second kappa shape index (κ2) is 6.35. The summed E-state index contributed by atoms with van der Waals surface area (Å²) in [6, 6.07) is 6.16. The van der Waals surface area contributed by atoms with Gasteiger partial charge in [0.2, 0.25) is 0 Å². The van der Waals surface area contributed by atoms with Crippen molar-refractivity contribution in [2.24, 2.45) is 10.8 Å². The Kier molecular flexibility index (Phi) is 4.50. The molecule has 0 saturated heterocycles. The van der Waals surface area contributed by atoms with Crippen molar-refractivity contribution in [2.75, 3.05) is 0 Å². The molecule has 1 aromatic rings. The van der Waals surface area contributed by atoms with E-state index in [1.807, 2.05) is 18.2 Å². The third-order valence-corrected chi connectivity index (χ3v) is 3.18. The van der Waals surface area contributed by atoms with Crippen LogP contribution in [0.25, 0.3) is 0 Å². The average Bonchev–Trinajstić information content (AvgIpc) is 2.65. The van der Waals surface area contributed by atoms with Crippen molar-refractivity contribution < 1.29 is 0 Å². The van der Waals surface area contributed by atoms with Gasteiger partial charge in [-0.25, -0.2) is 5.84 Å². The monoisotopic (exact) mass is 232 g/mol. The first-order valence-electron chi connectivity index (χ1n) is 6.36. The third kappa shape index (κ3) is 3.53. The highest BCUT2D eigenvalue weighted by atomic mass is 15.3. The summed E-state index contributed by atoms with van der Waals surface area (Å²) in [6.07, 6.45) is 9.30. The van der Waals surface area contributed by atoms with E-state index in [0.29, 0.717) is 11.9 Å². The number of nitrogens with zero attached hydrogens (tertiary/aromatic N) is 2. The van der Waals surface area contributed by atoms with Gasteiger partial charge in [-0.3, -0.25) is 9.98 Å². The number of hydrogen-bond donors (Lipinski definition) is 2. The summed E-state index contributed by atoms with van der Waals surface area (Å²) in [6.45, 7) is 0. The molecule has 0 unspecified atom stereocenters. The summed E-state index contributed by atoms with van der Waals surface area (Å²) >= 11 is 0. The van der Waals surface area contributed by atoms with E-state index in [9.17, 15) is 0 Å². The molecule has 3 N–H and O–H groups in total. The largest absolute Gasteiger partial charge is 0.307 e. The van der Waals surface area contributed by atoms with Crippen molar-refractivity contribution in [3.8, 4) is 0 Å². The zero-order chi connectivity index (χ0) is 11.9. The van der Waals surface area contributed by atoms with Crippen LogP contribution in [0.2, 0.25) is 0 Å². The van der Waals surface area contributed by atoms with Crippen molar-refractivity contribution in [3.63, 3.8) is 0 Å². The molecule has 1 aliphatic carbocycles. The molecule has 2 rings (SSSR count). The maximum absolute atomic E-state index is 5.54. The molecule has 0 bridgehead atoms. The van der Waals surface area contributed by atoms with Gasteiger partial charge < -0.3 is 5.43 Å². The molecule has 4 nitrogen and oxygen atoms in total. The molecular formula is C13H20N4. The molecule has 0 spiro atoms. The molecule has 0 aliphatic heterocycles. The van der Waals surface area contributed by atoms with Gasteiger partial charge in [0.05, 0.1) is 6.04 Å². The summed E-state index contributed by atoms with van der Waals surface area (Å²) in [5, 5.41) is 0. The molecule has 92 valence electrons. The first kappa shape index (κ1) is 12.0. The van der Waals surface area contributed by atoms with Crippen LogP contribution in [-0.4, -0.2) is 16.9 Å². The van der Waals surface area contributed by atoms with E-state index in [2.05, 4.69) is 10.4 Å². The smallest absolute Gasteiger partial charge is 0.161 e. The van der Waals surface area contributed by atoms with Crippen LogP contribution in [0.4, 0.5) is 0 Å². The van der Waals surface area contributed by atoms with E-state index in [1.54, 1.807) is 6.20 Å². The van der Waals surface area contributed by atoms with E-state index in [-0.39, 0.29) is 0 Å². The molecule has 1 aromatic heterocycles. The number of pyridine rings is 1. The lowest BCUT2D eigenvalue weighted by molar-refractivity contribution is 0.583. The highest BCUT2D eigenvalue weighted by Crippen LogP contribution is 2.20. The lowest BCUT2D eigenvalue weighted by Gasteiger charge is -2.12. The van der Waals surface area contributed by atoms with Crippen molar-refractivity contribution >= 4 is 5.84 Å². The Morgan fingerprint density at radius 1 is 1.24 bits per heavy atom. The predicted molar refractivity (Wildman–Crippen MR) is 69.6 cm³/mol. The van der Waals surface area contributed by atoms with Gasteiger partial charge in [-0.2, -0.15) is 0 Å². The molecule has 17 heavy (non-hydrogen) atoms. The zero-order valence-electron chi connectivity index (χ0n) is 10.1. The van der Waals surface area contributed by atoms with Crippen molar-refractivity contribution in [1.29, 1.82) is 0 Å². The maximum atomic E-state index is 5.54. The van der Waals surface area contributed by atoms with Crippen LogP contribution in [0.15, 0.2) is 29.4 Å². The van der Waals surface area contributed by atoms with E-state index >= 15 is 0 Å². The number of aromatic nitrogens is 1. The second-order valence-electron chi connectivity index (χ2n) is 4.48. The molecule has 4 heteroatoms. The summed E-state index contributed by atoms with van der Waals surface area (Å²) in [4.78, 5) is 8.97. The molecule has 0 amide bonds. The Morgan fingerprint density at radius 3 is 2.59 bits per heavy atom. The van der Waals surface area contributed by atoms with Gasteiger partial charge in [-0.1, -0.05) is 31.7 Å². The number of hydrazine groups is 1. The van der Waals surface area contributed by atoms with Gasteiger partial charge in [-0.05, 0) is 25.0 Å². The van der Waals surface area contributed by atoms with Gasteiger partial charge in [0, 0.05) is 6.20 Å². The Balaban J connectivity index is 2.11. The summed E-state index contributed by atoms with van der Waals surface area (Å²) in [5.41, 5.74) is 3.49. The van der Waals surface area contributed by atoms with E-state index < -0.39 is 0 Å². The van der Waals surface area contributed by atoms with Gasteiger partial charge in [0.15, 0.2) is 5.84 Å². The van der Waals surface area contributed by atoms with Gasteiger partial charge in [0.1, 0.15) is 5.69 Å². The topological polar surface area (TPSA) is 63.3 Å². The summed E-state index contributed by atoms with van der Waals surface area (Å²) in [5.74, 6) is 6.25. The minimum Gasteiger partial charge on any atom is -0.307 e. The molecular weight excluding hydrogens is 212 g/mol. The number of nitrogens with two attached hydrogens (primary N) is 1. The molecule has 1 fully saturated rings. The Labute approximate surface area is 102 Å². The maximum Gasteiger partial charge on any atom is 0.161 e. The minimum absolute atomic E-state index is 0.394. The zero-order valence-corrected chi connectivity index (χ0v) is 10.1. The Bertz CT molecular complexity index is 353. The van der Waals surface area contributed by atoms with E-state index in [1.165, 1.54) is 25.7 Å². The predicted octanol–water partition coefficient (Wildman–Crippen LogP) is 2.01. The fraction of sp³-hybridized carbons (Fsp3) is 0.538. The number of amidine groups is 1. The average molecular weight is 232 g/mol. The van der Waals surface area contributed by atoms with Crippen LogP contribution < -0.4 is 11.3 Å². The first-order valence-corrected chi connectivity index (χ1v) is 6.36. The normalized spacial score (nSPS) is 18.8. The van der Waals surface area contributed by atoms with Crippen LogP contribution >= 0.6 is 0 Å². The van der Waals surface area contributed by atoms with Gasteiger partial charge >= 0.3 is 0 Å². The van der Waals surface area contributed by atoms with E-state index in [0.717, 1.165) is 18.5 Å². The number of aliphatic imine (C=N–C) groups is 1. The van der Waals surface area contributed by atoms with E-state index in [4.69, 9.17) is 10.8 Å². The SMILES string of the molecule is NNC(=NC1CCCCCC1)c1ccccn1. The lowest BCUT2D eigenvalue weighted by atomic mass is 10.1. The van der Waals surface area contributed by atoms with Gasteiger partial charge in [-0.15, -0.1) is 0 Å².